The minimum Gasteiger partial charge on any atom is -0.482 e. The maximum Gasteiger partial charge on any atom is 0.262 e. The van der Waals surface area contributed by atoms with E-state index in [1.165, 1.54) is 30.3 Å². The first-order chi connectivity index (χ1) is 14.3. The Balaban J connectivity index is 1.57. The quantitative estimate of drug-likeness (QED) is 0.740. The van der Waals surface area contributed by atoms with Crippen LogP contribution in [0, 0.1) is 5.82 Å². The molecule has 0 aliphatic carbocycles. The van der Waals surface area contributed by atoms with Crippen molar-refractivity contribution in [2.45, 2.75) is 23.8 Å². The van der Waals surface area contributed by atoms with Crippen LogP contribution in [0.15, 0.2) is 41.3 Å². The molecular formula is C19H17ClFN3O5S. The van der Waals surface area contributed by atoms with E-state index in [9.17, 15) is 22.4 Å². The van der Waals surface area contributed by atoms with Gasteiger partial charge in [-0.1, -0.05) is 11.6 Å². The number of nitrogens with one attached hydrogen (secondary N) is 2. The number of fused-ring (bicyclic) bond motifs is 1. The van der Waals surface area contributed by atoms with Crippen LogP contribution in [0.5, 0.6) is 5.75 Å². The van der Waals surface area contributed by atoms with E-state index in [2.05, 4.69) is 10.6 Å². The standard InChI is InChI=1S/C19H17ClFN3O5S/c20-13-8-11(3-5-14(13)21)22-19(26)16-2-1-7-24(16)30(27,28)12-4-6-17-15(9-12)23-18(25)10-29-17/h3-6,8-9,16H,1-2,7,10H2,(H,22,26)(H,23,25). The second-order valence-electron chi connectivity index (χ2n) is 6.89. The summed E-state index contributed by atoms with van der Waals surface area (Å²) in [7, 11) is -4.01. The van der Waals surface area contributed by atoms with E-state index in [0.717, 1.165) is 10.4 Å². The monoisotopic (exact) mass is 453 g/mol. The van der Waals surface area contributed by atoms with Crippen molar-refractivity contribution >= 4 is 44.8 Å². The molecule has 1 saturated heterocycles. The number of carbonyl (C=O) groups is 2. The second kappa shape index (κ2) is 7.86. The van der Waals surface area contributed by atoms with Crippen LogP contribution in [0.3, 0.4) is 0 Å². The van der Waals surface area contributed by atoms with Crippen LogP contribution >= 0.6 is 11.6 Å². The molecule has 11 heteroatoms. The molecule has 2 aromatic rings. The Bertz CT molecular complexity index is 1140. The number of carbonyl (C=O) groups excluding carboxylic acids is 2. The summed E-state index contributed by atoms with van der Waals surface area (Å²) in [6, 6.07) is 6.94. The van der Waals surface area contributed by atoms with E-state index in [1.807, 2.05) is 0 Å². The number of halogens is 2. The molecule has 0 bridgehead atoms. The van der Waals surface area contributed by atoms with Gasteiger partial charge < -0.3 is 15.4 Å². The van der Waals surface area contributed by atoms with Crippen LogP contribution in [0.1, 0.15) is 12.8 Å². The molecule has 1 fully saturated rings. The number of amides is 2. The van der Waals surface area contributed by atoms with E-state index >= 15 is 0 Å². The average Bonchev–Trinajstić information content (AvgIpc) is 3.21. The number of rotatable bonds is 4. The van der Waals surface area contributed by atoms with E-state index in [-0.39, 0.29) is 40.4 Å². The van der Waals surface area contributed by atoms with Crippen molar-refractivity contribution in [1.29, 1.82) is 0 Å². The Morgan fingerprint density at radius 3 is 2.83 bits per heavy atom. The first kappa shape index (κ1) is 20.6. The lowest BCUT2D eigenvalue weighted by Gasteiger charge is -2.24. The largest absolute Gasteiger partial charge is 0.482 e. The Morgan fingerprint density at radius 2 is 2.07 bits per heavy atom. The molecule has 2 aliphatic rings. The highest BCUT2D eigenvalue weighted by molar-refractivity contribution is 7.89. The number of sulfonamides is 1. The van der Waals surface area contributed by atoms with Gasteiger partial charge in [-0.15, -0.1) is 0 Å². The summed E-state index contributed by atoms with van der Waals surface area (Å²) in [5, 5.41) is 5.01. The van der Waals surface area contributed by atoms with Crippen molar-refractivity contribution in [3.05, 3.63) is 47.2 Å². The lowest BCUT2D eigenvalue weighted by atomic mass is 10.2. The van der Waals surface area contributed by atoms with Crippen molar-refractivity contribution in [1.82, 2.24) is 4.31 Å². The molecule has 1 atom stereocenters. The van der Waals surface area contributed by atoms with Crippen molar-refractivity contribution in [2.75, 3.05) is 23.8 Å². The van der Waals surface area contributed by atoms with E-state index in [0.29, 0.717) is 18.6 Å². The fraction of sp³-hybridized carbons (Fsp3) is 0.263. The van der Waals surface area contributed by atoms with Gasteiger partial charge in [-0.2, -0.15) is 4.31 Å². The van der Waals surface area contributed by atoms with Gasteiger partial charge in [0.1, 0.15) is 17.6 Å². The molecule has 0 radical (unpaired) electrons. The van der Waals surface area contributed by atoms with Crippen LogP contribution < -0.4 is 15.4 Å². The van der Waals surface area contributed by atoms with Gasteiger partial charge in [-0.3, -0.25) is 9.59 Å². The third kappa shape index (κ3) is 3.85. The first-order valence-corrected chi connectivity index (χ1v) is 10.9. The topological polar surface area (TPSA) is 105 Å². The summed E-state index contributed by atoms with van der Waals surface area (Å²) >= 11 is 5.73. The second-order valence-corrected chi connectivity index (χ2v) is 9.18. The molecule has 0 spiro atoms. The molecule has 158 valence electrons. The first-order valence-electron chi connectivity index (χ1n) is 9.10. The number of nitrogens with zero attached hydrogens (tertiary/aromatic N) is 1. The summed E-state index contributed by atoms with van der Waals surface area (Å²) in [6.07, 6.45) is 0.844. The van der Waals surface area contributed by atoms with Crippen LogP contribution in [0.25, 0.3) is 0 Å². The minimum absolute atomic E-state index is 0.0587. The van der Waals surface area contributed by atoms with E-state index in [4.69, 9.17) is 16.3 Å². The van der Waals surface area contributed by atoms with E-state index < -0.39 is 27.8 Å². The third-order valence-electron chi connectivity index (χ3n) is 4.88. The molecule has 2 aliphatic heterocycles. The van der Waals surface area contributed by atoms with Crippen LogP contribution in [-0.2, 0) is 19.6 Å². The molecule has 2 N–H and O–H groups in total. The lowest BCUT2D eigenvalue weighted by molar-refractivity contribution is -0.119. The van der Waals surface area contributed by atoms with Gasteiger partial charge >= 0.3 is 0 Å². The molecule has 0 aromatic heterocycles. The van der Waals surface area contributed by atoms with Crippen molar-refractivity contribution in [3.63, 3.8) is 0 Å². The maximum absolute atomic E-state index is 13.3. The average molecular weight is 454 g/mol. The fourth-order valence-corrected chi connectivity index (χ4v) is 5.31. The molecule has 8 nitrogen and oxygen atoms in total. The van der Waals surface area contributed by atoms with Crippen molar-refractivity contribution < 1.29 is 27.1 Å². The zero-order valence-corrected chi connectivity index (χ0v) is 17.1. The highest BCUT2D eigenvalue weighted by atomic mass is 35.5. The Hall–Kier alpha value is -2.69. The fourth-order valence-electron chi connectivity index (χ4n) is 3.45. The summed E-state index contributed by atoms with van der Waals surface area (Å²) in [5.74, 6) is -1.16. The van der Waals surface area contributed by atoms with Crippen LogP contribution in [0.4, 0.5) is 15.8 Å². The lowest BCUT2D eigenvalue weighted by Crippen LogP contribution is -2.43. The summed E-state index contributed by atoms with van der Waals surface area (Å²) in [5.41, 5.74) is 0.526. The minimum atomic E-state index is -4.01. The molecule has 2 amide bonds. The molecule has 4 rings (SSSR count). The Kier molecular flexibility index (Phi) is 5.39. The summed E-state index contributed by atoms with van der Waals surface area (Å²) in [4.78, 5) is 24.2. The molecule has 30 heavy (non-hydrogen) atoms. The zero-order valence-electron chi connectivity index (χ0n) is 15.5. The SMILES string of the molecule is O=C1COc2ccc(S(=O)(=O)N3CCCC3C(=O)Nc3ccc(F)c(Cl)c3)cc2N1. The summed E-state index contributed by atoms with van der Waals surface area (Å²) < 4.78 is 46.1. The van der Waals surface area contributed by atoms with Gasteiger partial charge in [0.05, 0.1) is 15.6 Å². The van der Waals surface area contributed by atoms with Gasteiger partial charge in [0.15, 0.2) is 6.61 Å². The molecule has 0 saturated carbocycles. The van der Waals surface area contributed by atoms with Crippen molar-refractivity contribution in [3.8, 4) is 5.75 Å². The van der Waals surface area contributed by atoms with Crippen LogP contribution in [0.2, 0.25) is 5.02 Å². The van der Waals surface area contributed by atoms with Crippen LogP contribution in [-0.4, -0.2) is 43.7 Å². The van der Waals surface area contributed by atoms with Gasteiger partial charge in [-0.25, -0.2) is 12.8 Å². The predicted molar refractivity (Wildman–Crippen MR) is 108 cm³/mol. The predicted octanol–water partition coefficient (Wildman–Crippen LogP) is 2.60. The molecule has 2 heterocycles. The third-order valence-corrected chi connectivity index (χ3v) is 7.08. The maximum atomic E-state index is 13.3. The van der Waals surface area contributed by atoms with Gasteiger partial charge in [-0.05, 0) is 49.2 Å². The normalized spacial score (nSPS) is 19.0. The number of hydrogen-bond donors (Lipinski definition) is 2. The van der Waals surface area contributed by atoms with Gasteiger partial charge in [0, 0.05) is 12.2 Å². The number of hydrogen-bond acceptors (Lipinski definition) is 5. The number of ether oxygens (including phenoxy) is 1. The highest BCUT2D eigenvalue weighted by Crippen LogP contribution is 2.33. The van der Waals surface area contributed by atoms with Gasteiger partial charge in [0.2, 0.25) is 15.9 Å². The number of anilines is 2. The molecular weight excluding hydrogens is 437 g/mol. The van der Waals surface area contributed by atoms with E-state index in [1.54, 1.807) is 0 Å². The highest BCUT2D eigenvalue weighted by Gasteiger charge is 2.40. The number of benzene rings is 2. The van der Waals surface area contributed by atoms with Gasteiger partial charge in [0.25, 0.3) is 5.91 Å². The smallest absolute Gasteiger partial charge is 0.262 e. The molecule has 1 unspecified atom stereocenters. The Morgan fingerprint density at radius 1 is 1.27 bits per heavy atom. The zero-order chi connectivity index (χ0) is 21.5. The van der Waals surface area contributed by atoms with Crippen molar-refractivity contribution in [2.24, 2.45) is 0 Å². The Labute approximate surface area is 177 Å². The molecule has 2 aromatic carbocycles. The summed E-state index contributed by atoms with van der Waals surface area (Å²) in [6.45, 7) is 0.0331.